The van der Waals surface area contributed by atoms with Gasteiger partial charge in [0.1, 0.15) is 11.6 Å². The Labute approximate surface area is 156 Å². The Morgan fingerprint density at radius 3 is 2.54 bits per heavy atom. The molecule has 0 spiro atoms. The highest BCUT2D eigenvalue weighted by molar-refractivity contribution is 5.85. The molecule has 1 aliphatic heterocycles. The van der Waals surface area contributed by atoms with Gasteiger partial charge in [0.2, 0.25) is 0 Å². The number of nitrogens with zero attached hydrogens (tertiary/aromatic N) is 1. The summed E-state index contributed by atoms with van der Waals surface area (Å²) in [4.78, 5) is 0. The van der Waals surface area contributed by atoms with Crippen LogP contribution >= 0.6 is 12.4 Å². The molecular weight excluding hydrogens is 360 g/mol. The molecular formula is C19H18ClF2N3O. The molecule has 1 atom stereocenters. The van der Waals surface area contributed by atoms with Crippen molar-refractivity contribution in [1.82, 2.24) is 15.5 Å². The lowest BCUT2D eigenvalue weighted by Crippen LogP contribution is -2.33. The van der Waals surface area contributed by atoms with Gasteiger partial charge in [-0.2, -0.15) is 5.10 Å². The van der Waals surface area contributed by atoms with E-state index in [1.807, 2.05) is 6.07 Å². The first-order valence-electron chi connectivity index (χ1n) is 8.14. The average Bonchev–Trinajstić information content (AvgIpc) is 3.13. The Morgan fingerprint density at radius 1 is 1.04 bits per heavy atom. The van der Waals surface area contributed by atoms with Crippen molar-refractivity contribution in [3.05, 3.63) is 65.7 Å². The predicted molar refractivity (Wildman–Crippen MR) is 98.2 cm³/mol. The van der Waals surface area contributed by atoms with Crippen molar-refractivity contribution < 1.29 is 13.5 Å². The molecule has 0 saturated carbocycles. The first-order chi connectivity index (χ1) is 12.2. The van der Waals surface area contributed by atoms with Gasteiger partial charge in [-0.15, -0.1) is 12.4 Å². The van der Waals surface area contributed by atoms with Crippen LogP contribution in [0.25, 0.3) is 22.5 Å². The average molecular weight is 378 g/mol. The van der Waals surface area contributed by atoms with E-state index >= 15 is 0 Å². The van der Waals surface area contributed by atoms with Crippen molar-refractivity contribution in [1.29, 1.82) is 0 Å². The summed E-state index contributed by atoms with van der Waals surface area (Å²) < 4.78 is 33.3. The van der Waals surface area contributed by atoms with Crippen molar-refractivity contribution in [2.24, 2.45) is 0 Å². The second kappa shape index (κ2) is 7.95. The number of morpholine rings is 1. The fourth-order valence-corrected chi connectivity index (χ4v) is 2.96. The molecule has 4 rings (SSSR count). The molecule has 7 heteroatoms. The number of rotatable bonds is 3. The highest BCUT2D eigenvalue weighted by Crippen LogP contribution is 2.28. The zero-order chi connectivity index (χ0) is 17.2. The van der Waals surface area contributed by atoms with Crippen molar-refractivity contribution in [2.75, 3.05) is 19.7 Å². The highest BCUT2D eigenvalue weighted by Gasteiger charge is 2.18. The summed E-state index contributed by atoms with van der Waals surface area (Å²) in [6, 6.07) is 12.9. The second-order valence-corrected chi connectivity index (χ2v) is 5.98. The number of nitrogens with one attached hydrogen (secondary N) is 2. The van der Waals surface area contributed by atoms with Crippen LogP contribution in [0.15, 0.2) is 48.5 Å². The normalized spacial score (nSPS) is 16.9. The van der Waals surface area contributed by atoms with Gasteiger partial charge in [-0.3, -0.25) is 5.10 Å². The molecule has 136 valence electrons. The van der Waals surface area contributed by atoms with E-state index in [1.54, 1.807) is 24.3 Å². The lowest BCUT2D eigenvalue weighted by molar-refractivity contribution is 0.0275. The third-order valence-electron chi connectivity index (χ3n) is 4.30. The minimum Gasteiger partial charge on any atom is -0.371 e. The second-order valence-electron chi connectivity index (χ2n) is 5.98. The minimum atomic E-state index is -0.344. The van der Waals surface area contributed by atoms with Gasteiger partial charge in [0.25, 0.3) is 0 Å². The molecule has 2 aromatic carbocycles. The highest BCUT2D eigenvalue weighted by atomic mass is 35.5. The molecule has 0 bridgehead atoms. The molecule has 0 aliphatic carbocycles. The fourth-order valence-electron chi connectivity index (χ4n) is 2.96. The van der Waals surface area contributed by atoms with Crippen LogP contribution in [-0.4, -0.2) is 29.9 Å². The number of ether oxygens (including phenoxy) is 1. The van der Waals surface area contributed by atoms with Crippen LogP contribution in [0.5, 0.6) is 0 Å². The zero-order valence-electron chi connectivity index (χ0n) is 13.8. The molecule has 4 nitrogen and oxygen atoms in total. The summed E-state index contributed by atoms with van der Waals surface area (Å²) in [5.74, 6) is -0.645. The summed E-state index contributed by atoms with van der Waals surface area (Å²) >= 11 is 0. The number of aromatic nitrogens is 2. The predicted octanol–water partition coefficient (Wildman–Crippen LogP) is 4.10. The van der Waals surface area contributed by atoms with Crippen LogP contribution in [-0.2, 0) is 4.74 Å². The van der Waals surface area contributed by atoms with Gasteiger partial charge in [0.05, 0.1) is 24.1 Å². The summed E-state index contributed by atoms with van der Waals surface area (Å²) in [6.07, 6.45) is -0.133. The van der Waals surface area contributed by atoms with Crippen molar-refractivity contribution in [3.63, 3.8) is 0 Å². The molecule has 0 unspecified atom stereocenters. The Morgan fingerprint density at radius 2 is 1.85 bits per heavy atom. The molecule has 2 heterocycles. The van der Waals surface area contributed by atoms with Crippen LogP contribution in [0.4, 0.5) is 8.78 Å². The molecule has 3 aromatic rings. The number of H-pyrrole nitrogens is 1. The number of hydrogen-bond donors (Lipinski definition) is 2. The molecule has 1 saturated heterocycles. The van der Waals surface area contributed by atoms with Gasteiger partial charge in [-0.05, 0) is 53.6 Å². The van der Waals surface area contributed by atoms with Crippen LogP contribution in [0, 0.1) is 11.6 Å². The lowest BCUT2D eigenvalue weighted by atomic mass is 10.0. The summed E-state index contributed by atoms with van der Waals surface area (Å²) in [5.41, 5.74) is 3.23. The third-order valence-corrected chi connectivity index (χ3v) is 4.30. The minimum absolute atomic E-state index is 0. The van der Waals surface area contributed by atoms with Crippen molar-refractivity contribution in [3.8, 4) is 22.5 Å². The number of benzene rings is 2. The van der Waals surface area contributed by atoms with E-state index in [-0.39, 0.29) is 30.1 Å². The standard InChI is InChI=1S/C19H17F2N3O.ClH/c20-14-4-1-12(2-5-14)17-10-18(24-23-17)15-6-3-13(9-16(15)21)19-11-22-7-8-25-19;/h1-6,9-10,19,22H,7-8,11H2,(H,23,24);1H/t19-;/m0./s1. The van der Waals surface area contributed by atoms with Crippen LogP contribution in [0.3, 0.4) is 0 Å². The Bertz CT molecular complexity index is 877. The van der Waals surface area contributed by atoms with Crippen LogP contribution in [0.2, 0.25) is 0 Å². The topological polar surface area (TPSA) is 49.9 Å². The molecule has 0 amide bonds. The first kappa shape index (κ1) is 18.5. The maximum atomic E-state index is 14.6. The monoisotopic (exact) mass is 377 g/mol. The zero-order valence-corrected chi connectivity index (χ0v) is 14.7. The van der Waals surface area contributed by atoms with Gasteiger partial charge in [-0.1, -0.05) is 6.07 Å². The Kier molecular flexibility index (Phi) is 5.66. The quantitative estimate of drug-likeness (QED) is 0.722. The van der Waals surface area contributed by atoms with E-state index < -0.39 is 0 Å². The number of hydrogen-bond acceptors (Lipinski definition) is 3. The molecule has 2 N–H and O–H groups in total. The Balaban J connectivity index is 0.00000196. The smallest absolute Gasteiger partial charge is 0.133 e. The van der Waals surface area contributed by atoms with E-state index in [4.69, 9.17) is 4.74 Å². The van der Waals surface area contributed by atoms with Gasteiger partial charge >= 0.3 is 0 Å². The van der Waals surface area contributed by atoms with Crippen molar-refractivity contribution in [2.45, 2.75) is 6.10 Å². The van der Waals surface area contributed by atoms with Crippen molar-refractivity contribution >= 4 is 12.4 Å². The maximum Gasteiger partial charge on any atom is 0.133 e. The number of aromatic amines is 1. The molecule has 1 fully saturated rings. The van der Waals surface area contributed by atoms with Gasteiger partial charge in [0.15, 0.2) is 0 Å². The Hall–Kier alpha value is -2.28. The first-order valence-corrected chi connectivity index (χ1v) is 8.14. The SMILES string of the molecule is Cl.Fc1ccc(-c2cc(-c3ccc([C@@H]4CNCCO4)cc3F)n[nH]2)cc1. The van der Waals surface area contributed by atoms with Gasteiger partial charge in [0, 0.05) is 18.7 Å². The van der Waals surface area contributed by atoms with E-state index in [0.29, 0.717) is 30.1 Å². The molecule has 1 aliphatic rings. The van der Waals surface area contributed by atoms with E-state index in [2.05, 4.69) is 15.5 Å². The summed E-state index contributed by atoms with van der Waals surface area (Å²) in [7, 11) is 0. The van der Waals surface area contributed by atoms with E-state index in [0.717, 1.165) is 17.7 Å². The molecule has 0 radical (unpaired) electrons. The number of halogens is 3. The van der Waals surface area contributed by atoms with E-state index in [1.165, 1.54) is 18.2 Å². The van der Waals surface area contributed by atoms with Gasteiger partial charge < -0.3 is 10.1 Å². The molecule has 26 heavy (non-hydrogen) atoms. The molecule has 1 aromatic heterocycles. The lowest BCUT2D eigenvalue weighted by Gasteiger charge is -2.24. The van der Waals surface area contributed by atoms with Crippen LogP contribution < -0.4 is 5.32 Å². The summed E-state index contributed by atoms with van der Waals surface area (Å²) in [6.45, 7) is 2.11. The largest absolute Gasteiger partial charge is 0.371 e. The fraction of sp³-hybridized carbons (Fsp3) is 0.211. The summed E-state index contributed by atoms with van der Waals surface area (Å²) in [5, 5.41) is 10.3. The van der Waals surface area contributed by atoms with Crippen LogP contribution in [0.1, 0.15) is 11.7 Å². The van der Waals surface area contributed by atoms with Gasteiger partial charge in [-0.25, -0.2) is 8.78 Å². The third kappa shape index (κ3) is 3.77. The maximum absolute atomic E-state index is 14.6. The van der Waals surface area contributed by atoms with E-state index in [9.17, 15) is 8.78 Å².